The number of aryl methyl sites for hydroxylation is 2. The maximum atomic E-state index is 12.2. The Morgan fingerprint density at radius 1 is 1.38 bits per heavy atom. The summed E-state index contributed by atoms with van der Waals surface area (Å²) < 4.78 is 32.3. The van der Waals surface area contributed by atoms with Crippen LogP contribution in [-0.2, 0) is 16.6 Å². The van der Waals surface area contributed by atoms with Gasteiger partial charge in [-0.1, -0.05) is 0 Å². The molecular formula is C13H17N3O3S2. The fourth-order valence-corrected chi connectivity index (χ4v) is 3.81. The molecule has 1 saturated carbocycles. The molecule has 1 fully saturated rings. The molecule has 0 bridgehead atoms. The molecule has 0 amide bonds. The highest BCUT2D eigenvalue weighted by molar-refractivity contribution is 7.92. The highest BCUT2D eigenvalue weighted by Gasteiger charge is 2.23. The minimum absolute atomic E-state index is 0.0828. The predicted octanol–water partition coefficient (Wildman–Crippen LogP) is 2.41. The Bertz CT molecular complexity index is 725. The van der Waals surface area contributed by atoms with Gasteiger partial charge in [-0.2, -0.15) is 8.42 Å². The summed E-state index contributed by atoms with van der Waals surface area (Å²) >= 11 is 1.31. The van der Waals surface area contributed by atoms with Crippen molar-refractivity contribution >= 4 is 26.5 Å². The van der Waals surface area contributed by atoms with Crippen LogP contribution in [-0.4, -0.2) is 19.4 Å². The van der Waals surface area contributed by atoms with E-state index in [-0.39, 0.29) is 5.09 Å². The Morgan fingerprint density at radius 3 is 2.76 bits per heavy atom. The molecule has 0 atom stereocenters. The third-order valence-electron chi connectivity index (χ3n) is 3.29. The molecular weight excluding hydrogens is 310 g/mol. The zero-order valence-electron chi connectivity index (χ0n) is 11.8. The number of rotatable bonds is 6. The van der Waals surface area contributed by atoms with Crippen molar-refractivity contribution in [2.75, 3.05) is 4.72 Å². The van der Waals surface area contributed by atoms with Crippen LogP contribution in [0.2, 0.25) is 0 Å². The van der Waals surface area contributed by atoms with Crippen LogP contribution in [0.25, 0.3) is 0 Å². The number of furan rings is 1. The second kappa shape index (κ2) is 5.43. The maximum absolute atomic E-state index is 12.2. The second-order valence-electron chi connectivity index (χ2n) is 5.14. The van der Waals surface area contributed by atoms with Gasteiger partial charge in [-0.05, 0) is 38.8 Å². The molecule has 1 aliphatic carbocycles. The van der Waals surface area contributed by atoms with Crippen molar-refractivity contribution in [2.24, 2.45) is 0 Å². The third kappa shape index (κ3) is 3.45. The standard InChI is InChI=1S/C13H17N3O3S2/c1-8-9(2)20-13(15-8)16-21(17,18)12-6-5-11(19-12)7-14-10-3-4-10/h5-6,10,14H,3-4,7H2,1-2H3,(H,15,16). The van der Waals surface area contributed by atoms with E-state index in [0.717, 1.165) is 10.6 Å². The molecule has 0 spiro atoms. The molecule has 2 heterocycles. The van der Waals surface area contributed by atoms with E-state index in [4.69, 9.17) is 4.42 Å². The first-order valence-corrected chi connectivity index (χ1v) is 9.03. The van der Waals surface area contributed by atoms with Crippen molar-refractivity contribution in [3.05, 3.63) is 28.5 Å². The van der Waals surface area contributed by atoms with E-state index in [2.05, 4.69) is 15.0 Å². The summed E-state index contributed by atoms with van der Waals surface area (Å²) in [5.74, 6) is 0.619. The number of thiazole rings is 1. The van der Waals surface area contributed by atoms with Crippen LogP contribution >= 0.6 is 11.3 Å². The van der Waals surface area contributed by atoms with E-state index < -0.39 is 10.0 Å². The Kier molecular flexibility index (Phi) is 3.76. The number of sulfonamides is 1. The molecule has 114 valence electrons. The van der Waals surface area contributed by atoms with Gasteiger partial charge in [-0.3, -0.25) is 4.72 Å². The largest absolute Gasteiger partial charge is 0.446 e. The van der Waals surface area contributed by atoms with Gasteiger partial charge in [0.2, 0.25) is 5.09 Å². The fraction of sp³-hybridized carbons (Fsp3) is 0.462. The molecule has 21 heavy (non-hydrogen) atoms. The molecule has 0 aromatic carbocycles. The van der Waals surface area contributed by atoms with Crippen molar-refractivity contribution in [1.82, 2.24) is 10.3 Å². The van der Waals surface area contributed by atoms with Gasteiger partial charge in [-0.25, -0.2) is 4.98 Å². The molecule has 0 aliphatic heterocycles. The van der Waals surface area contributed by atoms with Crippen LogP contribution in [0.1, 0.15) is 29.2 Å². The van der Waals surface area contributed by atoms with Crippen molar-refractivity contribution in [3.63, 3.8) is 0 Å². The van der Waals surface area contributed by atoms with Crippen molar-refractivity contribution < 1.29 is 12.8 Å². The Labute approximate surface area is 127 Å². The van der Waals surface area contributed by atoms with Gasteiger partial charge >= 0.3 is 0 Å². The molecule has 1 aliphatic rings. The summed E-state index contributed by atoms with van der Waals surface area (Å²) in [5.41, 5.74) is 0.825. The summed E-state index contributed by atoms with van der Waals surface area (Å²) in [6.45, 7) is 4.30. The Morgan fingerprint density at radius 2 is 2.14 bits per heavy atom. The number of nitrogens with one attached hydrogen (secondary N) is 2. The number of nitrogens with zero attached hydrogens (tertiary/aromatic N) is 1. The summed E-state index contributed by atoms with van der Waals surface area (Å²) in [5, 5.41) is 3.56. The third-order valence-corrected chi connectivity index (χ3v) is 5.62. The second-order valence-corrected chi connectivity index (χ2v) is 7.96. The quantitative estimate of drug-likeness (QED) is 0.851. The normalized spacial score (nSPS) is 15.3. The lowest BCUT2D eigenvalue weighted by molar-refractivity contribution is 0.403. The SMILES string of the molecule is Cc1nc(NS(=O)(=O)c2ccc(CNC3CC3)o2)sc1C. The Hall–Kier alpha value is -1.38. The van der Waals surface area contributed by atoms with Crippen LogP contribution in [0, 0.1) is 13.8 Å². The molecule has 8 heteroatoms. The molecule has 2 aromatic rings. The van der Waals surface area contributed by atoms with Crippen LogP contribution in [0.15, 0.2) is 21.6 Å². The highest BCUT2D eigenvalue weighted by atomic mass is 32.2. The molecule has 2 aromatic heterocycles. The van der Waals surface area contributed by atoms with Gasteiger partial charge in [0, 0.05) is 10.9 Å². The lowest BCUT2D eigenvalue weighted by Gasteiger charge is -2.02. The summed E-state index contributed by atoms with van der Waals surface area (Å²) in [6, 6.07) is 3.71. The van der Waals surface area contributed by atoms with E-state index in [1.807, 2.05) is 13.8 Å². The van der Waals surface area contributed by atoms with E-state index in [0.29, 0.717) is 23.5 Å². The van der Waals surface area contributed by atoms with Crippen LogP contribution in [0.3, 0.4) is 0 Å². The Balaban J connectivity index is 1.71. The van der Waals surface area contributed by atoms with E-state index in [1.165, 1.54) is 30.2 Å². The van der Waals surface area contributed by atoms with Gasteiger partial charge in [0.05, 0.1) is 12.2 Å². The summed E-state index contributed by atoms with van der Waals surface area (Å²) in [4.78, 5) is 5.16. The van der Waals surface area contributed by atoms with Crippen molar-refractivity contribution in [1.29, 1.82) is 0 Å². The molecule has 6 nitrogen and oxygen atoms in total. The summed E-state index contributed by atoms with van der Waals surface area (Å²) in [6.07, 6.45) is 2.35. The first-order chi connectivity index (χ1) is 9.94. The van der Waals surface area contributed by atoms with Gasteiger partial charge < -0.3 is 9.73 Å². The van der Waals surface area contributed by atoms with Gasteiger partial charge in [0.25, 0.3) is 10.0 Å². The zero-order chi connectivity index (χ0) is 15.0. The van der Waals surface area contributed by atoms with Crippen molar-refractivity contribution in [3.8, 4) is 0 Å². The molecule has 0 saturated heterocycles. The average molecular weight is 327 g/mol. The number of aromatic nitrogens is 1. The van der Waals surface area contributed by atoms with Gasteiger partial charge in [0.1, 0.15) is 5.76 Å². The number of hydrogen-bond acceptors (Lipinski definition) is 6. The van der Waals surface area contributed by atoms with Crippen LogP contribution in [0.4, 0.5) is 5.13 Å². The average Bonchev–Trinajstić information content (AvgIpc) is 3.01. The number of hydrogen-bond donors (Lipinski definition) is 2. The minimum Gasteiger partial charge on any atom is -0.446 e. The fourth-order valence-electron chi connectivity index (χ4n) is 1.81. The van der Waals surface area contributed by atoms with E-state index in [9.17, 15) is 8.42 Å². The topological polar surface area (TPSA) is 84.2 Å². The molecule has 0 unspecified atom stereocenters. The maximum Gasteiger partial charge on any atom is 0.297 e. The zero-order valence-corrected chi connectivity index (χ0v) is 13.5. The number of anilines is 1. The molecule has 3 rings (SSSR count). The van der Waals surface area contributed by atoms with Gasteiger partial charge in [-0.15, -0.1) is 11.3 Å². The summed E-state index contributed by atoms with van der Waals surface area (Å²) in [7, 11) is -3.72. The first-order valence-electron chi connectivity index (χ1n) is 6.73. The lowest BCUT2D eigenvalue weighted by Crippen LogP contribution is -2.15. The lowest BCUT2D eigenvalue weighted by atomic mass is 10.4. The van der Waals surface area contributed by atoms with Crippen LogP contribution in [0.5, 0.6) is 0 Å². The molecule has 0 radical (unpaired) electrons. The monoisotopic (exact) mass is 327 g/mol. The van der Waals surface area contributed by atoms with E-state index >= 15 is 0 Å². The van der Waals surface area contributed by atoms with Crippen molar-refractivity contribution in [2.45, 2.75) is 44.4 Å². The first kappa shape index (κ1) is 14.6. The predicted molar refractivity (Wildman–Crippen MR) is 81.0 cm³/mol. The van der Waals surface area contributed by atoms with Gasteiger partial charge in [0.15, 0.2) is 5.13 Å². The smallest absolute Gasteiger partial charge is 0.297 e. The molecule has 2 N–H and O–H groups in total. The van der Waals surface area contributed by atoms with Crippen LogP contribution < -0.4 is 10.0 Å². The highest BCUT2D eigenvalue weighted by Crippen LogP contribution is 2.25. The van der Waals surface area contributed by atoms with E-state index in [1.54, 1.807) is 6.07 Å². The minimum atomic E-state index is -3.72.